The number of nitrogens with two attached hydrogens (primary N) is 1. The molecular weight excluding hydrogens is 230 g/mol. The SMILES string of the molecule is Nc1cn([C@H]2CC(O)[C@@H](CO)O2)c(=O)[nH]c1=O. The lowest BCUT2D eigenvalue weighted by atomic mass is 10.2. The van der Waals surface area contributed by atoms with E-state index in [9.17, 15) is 14.7 Å². The number of nitrogens with zero attached hydrogens (tertiary/aromatic N) is 1. The van der Waals surface area contributed by atoms with E-state index in [1.165, 1.54) is 0 Å². The molecule has 0 amide bonds. The first-order valence-corrected chi connectivity index (χ1v) is 5.08. The van der Waals surface area contributed by atoms with Crippen molar-refractivity contribution in [2.24, 2.45) is 0 Å². The second-order valence-corrected chi connectivity index (χ2v) is 3.87. The monoisotopic (exact) mass is 243 g/mol. The third-order valence-electron chi connectivity index (χ3n) is 2.69. The van der Waals surface area contributed by atoms with Gasteiger partial charge in [-0.3, -0.25) is 14.3 Å². The quantitative estimate of drug-likeness (QED) is 0.464. The molecule has 0 bridgehead atoms. The molecule has 1 aromatic rings. The van der Waals surface area contributed by atoms with Crippen molar-refractivity contribution in [3.8, 4) is 0 Å². The van der Waals surface area contributed by atoms with Crippen molar-refractivity contribution in [3.05, 3.63) is 27.0 Å². The van der Waals surface area contributed by atoms with Crippen LogP contribution in [-0.4, -0.2) is 38.6 Å². The van der Waals surface area contributed by atoms with E-state index in [0.29, 0.717) is 0 Å². The Labute approximate surface area is 95.3 Å². The van der Waals surface area contributed by atoms with Gasteiger partial charge in [-0.05, 0) is 0 Å². The number of rotatable bonds is 2. The molecule has 3 atom stereocenters. The molecule has 1 aliphatic heterocycles. The number of anilines is 1. The highest BCUT2D eigenvalue weighted by Gasteiger charge is 2.34. The number of ether oxygens (including phenoxy) is 1. The molecule has 1 unspecified atom stereocenters. The lowest BCUT2D eigenvalue weighted by Crippen LogP contribution is -2.33. The first kappa shape index (κ1) is 11.8. The van der Waals surface area contributed by atoms with Gasteiger partial charge >= 0.3 is 5.69 Å². The number of aromatic nitrogens is 2. The average Bonchev–Trinajstić information content (AvgIpc) is 2.65. The molecule has 1 saturated heterocycles. The van der Waals surface area contributed by atoms with Crippen LogP contribution in [0.4, 0.5) is 5.69 Å². The minimum atomic E-state index is -0.856. The lowest BCUT2D eigenvalue weighted by Gasteiger charge is -2.14. The molecule has 0 saturated carbocycles. The maximum atomic E-state index is 11.5. The fraction of sp³-hybridized carbons (Fsp3) is 0.556. The third-order valence-corrected chi connectivity index (χ3v) is 2.69. The molecule has 0 spiro atoms. The summed E-state index contributed by atoms with van der Waals surface area (Å²) in [6.45, 7) is -0.342. The summed E-state index contributed by atoms with van der Waals surface area (Å²) in [5.74, 6) is 0. The number of aliphatic hydroxyl groups is 2. The van der Waals surface area contributed by atoms with Crippen molar-refractivity contribution in [1.29, 1.82) is 0 Å². The molecule has 8 heteroatoms. The molecule has 0 aliphatic carbocycles. The first-order chi connectivity index (χ1) is 8.02. The smallest absolute Gasteiger partial charge is 0.330 e. The van der Waals surface area contributed by atoms with E-state index in [1.54, 1.807) is 0 Å². The number of aromatic amines is 1. The highest BCUT2D eigenvalue weighted by molar-refractivity contribution is 5.30. The van der Waals surface area contributed by atoms with Crippen molar-refractivity contribution in [2.45, 2.75) is 24.9 Å². The van der Waals surface area contributed by atoms with Gasteiger partial charge in [0.05, 0.1) is 12.7 Å². The van der Waals surface area contributed by atoms with E-state index in [4.69, 9.17) is 15.6 Å². The molecule has 2 heterocycles. The van der Waals surface area contributed by atoms with E-state index in [0.717, 1.165) is 10.8 Å². The van der Waals surface area contributed by atoms with Crippen molar-refractivity contribution in [2.75, 3.05) is 12.3 Å². The topological polar surface area (TPSA) is 131 Å². The van der Waals surface area contributed by atoms with Gasteiger partial charge in [-0.25, -0.2) is 4.79 Å². The minimum absolute atomic E-state index is 0.116. The Morgan fingerprint density at radius 2 is 2.29 bits per heavy atom. The van der Waals surface area contributed by atoms with Gasteiger partial charge in [-0.1, -0.05) is 0 Å². The van der Waals surface area contributed by atoms with Crippen LogP contribution in [0.15, 0.2) is 15.8 Å². The van der Waals surface area contributed by atoms with E-state index in [-0.39, 0.29) is 18.7 Å². The van der Waals surface area contributed by atoms with Crippen LogP contribution < -0.4 is 17.0 Å². The van der Waals surface area contributed by atoms with Gasteiger partial charge in [0.25, 0.3) is 5.56 Å². The Hall–Kier alpha value is -1.64. The maximum Gasteiger partial charge on any atom is 0.330 e. The lowest BCUT2D eigenvalue weighted by molar-refractivity contribution is -0.0458. The van der Waals surface area contributed by atoms with Gasteiger partial charge in [0.15, 0.2) is 0 Å². The molecule has 0 radical (unpaired) electrons. The summed E-state index contributed by atoms with van der Waals surface area (Å²) in [7, 11) is 0. The molecule has 0 aromatic carbocycles. The van der Waals surface area contributed by atoms with Crippen molar-refractivity contribution < 1.29 is 14.9 Å². The zero-order valence-electron chi connectivity index (χ0n) is 8.87. The van der Waals surface area contributed by atoms with Crippen molar-refractivity contribution >= 4 is 5.69 Å². The average molecular weight is 243 g/mol. The first-order valence-electron chi connectivity index (χ1n) is 5.08. The Bertz CT molecular complexity index is 522. The largest absolute Gasteiger partial charge is 0.394 e. The molecule has 94 valence electrons. The molecule has 17 heavy (non-hydrogen) atoms. The number of aliphatic hydroxyl groups excluding tert-OH is 2. The number of nitrogen functional groups attached to an aromatic ring is 1. The van der Waals surface area contributed by atoms with Crippen LogP contribution in [0.2, 0.25) is 0 Å². The number of H-pyrrole nitrogens is 1. The normalized spacial score (nSPS) is 28.5. The minimum Gasteiger partial charge on any atom is -0.394 e. The number of hydrogen-bond acceptors (Lipinski definition) is 6. The molecular formula is C9H13N3O5. The summed E-state index contributed by atoms with van der Waals surface area (Å²) in [5.41, 5.74) is 3.94. The predicted molar refractivity (Wildman–Crippen MR) is 57.4 cm³/mol. The molecule has 8 nitrogen and oxygen atoms in total. The van der Waals surface area contributed by atoms with Crippen molar-refractivity contribution in [3.63, 3.8) is 0 Å². The zero-order valence-corrected chi connectivity index (χ0v) is 8.87. The van der Waals surface area contributed by atoms with E-state index in [2.05, 4.69) is 0 Å². The van der Waals surface area contributed by atoms with Gasteiger partial charge in [-0.2, -0.15) is 0 Å². The second-order valence-electron chi connectivity index (χ2n) is 3.87. The van der Waals surface area contributed by atoms with Crippen LogP contribution in [0.25, 0.3) is 0 Å². The van der Waals surface area contributed by atoms with Crippen LogP contribution in [0.1, 0.15) is 12.6 Å². The molecule has 2 rings (SSSR count). The molecule has 5 N–H and O–H groups in total. The second kappa shape index (κ2) is 4.32. The Balaban J connectivity index is 2.34. The van der Waals surface area contributed by atoms with Crippen LogP contribution in [-0.2, 0) is 4.74 Å². The van der Waals surface area contributed by atoms with Crippen LogP contribution in [0.3, 0.4) is 0 Å². The summed E-state index contributed by atoms with van der Waals surface area (Å²) in [4.78, 5) is 24.6. The van der Waals surface area contributed by atoms with Crippen LogP contribution in [0.5, 0.6) is 0 Å². The maximum absolute atomic E-state index is 11.5. The van der Waals surface area contributed by atoms with Gasteiger partial charge in [0.2, 0.25) is 0 Å². The molecule has 1 fully saturated rings. The summed E-state index contributed by atoms with van der Waals surface area (Å²) in [6.07, 6.45) is -1.02. The predicted octanol–water partition coefficient (Wildman–Crippen LogP) is -2.24. The third kappa shape index (κ3) is 2.09. The van der Waals surface area contributed by atoms with E-state index >= 15 is 0 Å². The Morgan fingerprint density at radius 1 is 1.59 bits per heavy atom. The highest BCUT2D eigenvalue weighted by Crippen LogP contribution is 2.27. The van der Waals surface area contributed by atoms with E-state index in [1.807, 2.05) is 4.98 Å². The fourth-order valence-electron chi connectivity index (χ4n) is 1.77. The van der Waals surface area contributed by atoms with Crippen molar-refractivity contribution in [1.82, 2.24) is 9.55 Å². The molecule has 1 aliphatic rings. The van der Waals surface area contributed by atoms with Crippen LogP contribution in [0, 0.1) is 0 Å². The van der Waals surface area contributed by atoms with Gasteiger partial charge < -0.3 is 20.7 Å². The van der Waals surface area contributed by atoms with Gasteiger partial charge in [-0.15, -0.1) is 0 Å². The molecule has 1 aromatic heterocycles. The summed E-state index contributed by atoms with van der Waals surface area (Å²) >= 11 is 0. The van der Waals surface area contributed by atoms with Gasteiger partial charge in [0.1, 0.15) is 18.0 Å². The summed E-state index contributed by atoms with van der Waals surface area (Å²) in [6, 6.07) is 0. The standard InChI is InChI=1S/C9H13N3O5/c10-4-2-12(9(16)11-8(4)15)7-1-5(14)6(3-13)17-7/h2,5-7,13-14H,1,3,10H2,(H,11,15,16)/t5?,6-,7-/m1/s1. The van der Waals surface area contributed by atoms with Crippen LogP contribution >= 0.6 is 0 Å². The number of hydrogen-bond donors (Lipinski definition) is 4. The number of nitrogens with one attached hydrogen (secondary N) is 1. The van der Waals surface area contributed by atoms with E-state index < -0.39 is 29.7 Å². The zero-order chi connectivity index (χ0) is 12.6. The summed E-state index contributed by atoms with van der Waals surface area (Å²) < 4.78 is 6.36. The van der Waals surface area contributed by atoms with Gasteiger partial charge in [0, 0.05) is 12.6 Å². The summed E-state index contributed by atoms with van der Waals surface area (Å²) in [5, 5.41) is 18.4. The highest BCUT2D eigenvalue weighted by atomic mass is 16.5. The Morgan fingerprint density at radius 3 is 2.88 bits per heavy atom. The fourth-order valence-corrected chi connectivity index (χ4v) is 1.77. The Kier molecular flexibility index (Phi) is 3.01.